The van der Waals surface area contributed by atoms with E-state index in [2.05, 4.69) is 5.32 Å². The monoisotopic (exact) mass is 159 g/mol. The molecule has 1 fully saturated rings. The third kappa shape index (κ3) is 2.60. The van der Waals surface area contributed by atoms with Gasteiger partial charge in [-0.2, -0.15) is 0 Å². The summed E-state index contributed by atoms with van der Waals surface area (Å²) in [7, 11) is 1.00. The van der Waals surface area contributed by atoms with Crippen LogP contribution in [-0.2, 0) is 4.79 Å². The van der Waals surface area contributed by atoms with Gasteiger partial charge in [-0.1, -0.05) is 13.8 Å². The fourth-order valence-electron chi connectivity index (χ4n) is 0.911. The molecule has 3 nitrogen and oxygen atoms in total. The lowest BCUT2D eigenvalue weighted by atomic mass is 9.77. The molecule has 1 heterocycles. The lowest BCUT2D eigenvalue weighted by Gasteiger charge is -2.36. The molecule has 0 aromatic rings. The fourth-order valence-corrected chi connectivity index (χ4v) is 0.911. The summed E-state index contributed by atoms with van der Waals surface area (Å²) in [4.78, 5) is 10.4. The molecule has 0 aliphatic carbocycles. The highest BCUT2D eigenvalue weighted by Crippen LogP contribution is 2.26. The number of aldehydes is 1. The van der Waals surface area contributed by atoms with Crippen molar-refractivity contribution in [3.8, 4) is 0 Å². The van der Waals surface area contributed by atoms with Gasteiger partial charge in [0.1, 0.15) is 6.29 Å². The van der Waals surface area contributed by atoms with Crippen molar-refractivity contribution in [3.05, 3.63) is 0 Å². The first-order valence-electron chi connectivity index (χ1n) is 3.78. The molecule has 66 valence electrons. The van der Waals surface area contributed by atoms with Crippen LogP contribution in [0.2, 0.25) is 0 Å². The minimum atomic E-state index is -0.106. The Bertz CT molecular complexity index is 119. The van der Waals surface area contributed by atoms with Gasteiger partial charge in [0.2, 0.25) is 0 Å². The summed E-state index contributed by atoms with van der Waals surface area (Å²) in [6, 6.07) is 0. The maximum Gasteiger partial charge on any atom is 0.125 e. The predicted octanol–water partition coefficient (Wildman–Crippen LogP) is 0.0394. The molecule has 0 saturated carbocycles. The molecule has 0 aromatic heterocycles. The molecule has 1 aliphatic heterocycles. The Balaban J connectivity index is 0.000000461. The zero-order valence-electron chi connectivity index (χ0n) is 7.42. The average molecular weight is 159 g/mol. The second-order valence-corrected chi connectivity index (χ2v) is 3.29. The summed E-state index contributed by atoms with van der Waals surface area (Å²) in [5, 5.41) is 10.1. The molecule has 0 atom stereocenters. The van der Waals surface area contributed by atoms with Gasteiger partial charge in [-0.05, 0) is 5.92 Å². The third-order valence-electron chi connectivity index (χ3n) is 2.14. The Morgan fingerprint density at radius 2 is 1.91 bits per heavy atom. The Morgan fingerprint density at radius 3 is 2.00 bits per heavy atom. The van der Waals surface area contributed by atoms with E-state index in [1.165, 1.54) is 0 Å². The topological polar surface area (TPSA) is 49.3 Å². The number of aliphatic hydroxyl groups excluding tert-OH is 1. The van der Waals surface area contributed by atoms with Crippen LogP contribution in [0.3, 0.4) is 0 Å². The minimum absolute atomic E-state index is 0.106. The number of hydrogen-bond acceptors (Lipinski definition) is 3. The van der Waals surface area contributed by atoms with Crippen molar-refractivity contribution in [2.75, 3.05) is 20.2 Å². The highest BCUT2D eigenvalue weighted by molar-refractivity contribution is 5.58. The van der Waals surface area contributed by atoms with E-state index in [4.69, 9.17) is 5.11 Å². The van der Waals surface area contributed by atoms with Crippen LogP contribution in [0, 0.1) is 11.3 Å². The number of hydrogen-bond donors (Lipinski definition) is 2. The minimum Gasteiger partial charge on any atom is -0.400 e. The Labute approximate surface area is 67.8 Å². The molecule has 2 N–H and O–H groups in total. The van der Waals surface area contributed by atoms with Crippen molar-refractivity contribution >= 4 is 6.29 Å². The summed E-state index contributed by atoms with van der Waals surface area (Å²) < 4.78 is 0. The Kier molecular flexibility index (Phi) is 4.30. The van der Waals surface area contributed by atoms with Gasteiger partial charge in [0.15, 0.2) is 0 Å². The van der Waals surface area contributed by atoms with Crippen LogP contribution in [-0.4, -0.2) is 31.6 Å². The van der Waals surface area contributed by atoms with E-state index in [9.17, 15) is 4.79 Å². The van der Waals surface area contributed by atoms with E-state index in [0.29, 0.717) is 5.92 Å². The summed E-state index contributed by atoms with van der Waals surface area (Å²) in [6.45, 7) is 5.99. The van der Waals surface area contributed by atoms with Gasteiger partial charge >= 0.3 is 0 Å². The Hall–Kier alpha value is -0.410. The largest absolute Gasteiger partial charge is 0.400 e. The molecule has 3 heteroatoms. The van der Waals surface area contributed by atoms with Crippen LogP contribution < -0.4 is 5.32 Å². The lowest BCUT2D eigenvalue weighted by Crippen LogP contribution is -2.50. The van der Waals surface area contributed by atoms with Gasteiger partial charge in [0, 0.05) is 25.6 Å². The highest BCUT2D eigenvalue weighted by Gasteiger charge is 2.33. The first-order chi connectivity index (χ1) is 5.17. The van der Waals surface area contributed by atoms with E-state index >= 15 is 0 Å². The van der Waals surface area contributed by atoms with E-state index in [-0.39, 0.29) is 5.41 Å². The molecule has 0 radical (unpaired) electrons. The first kappa shape index (κ1) is 10.6. The van der Waals surface area contributed by atoms with Crippen molar-refractivity contribution in [1.82, 2.24) is 5.32 Å². The van der Waals surface area contributed by atoms with Gasteiger partial charge < -0.3 is 15.2 Å². The summed E-state index contributed by atoms with van der Waals surface area (Å²) in [5.41, 5.74) is -0.106. The second-order valence-electron chi connectivity index (χ2n) is 3.29. The highest BCUT2D eigenvalue weighted by atomic mass is 16.2. The molecular formula is C8H17NO2. The van der Waals surface area contributed by atoms with Crippen molar-refractivity contribution in [1.29, 1.82) is 0 Å². The lowest BCUT2D eigenvalue weighted by molar-refractivity contribution is -0.118. The van der Waals surface area contributed by atoms with Crippen LogP contribution in [0.25, 0.3) is 0 Å². The van der Waals surface area contributed by atoms with Gasteiger partial charge in [-0.15, -0.1) is 0 Å². The van der Waals surface area contributed by atoms with Crippen molar-refractivity contribution in [3.63, 3.8) is 0 Å². The van der Waals surface area contributed by atoms with Crippen LogP contribution >= 0.6 is 0 Å². The van der Waals surface area contributed by atoms with Gasteiger partial charge in [-0.3, -0.25) is 0 Å². The number of aliphatic hydroxyl groups is 1. The van der Waals surface area contributed by atoms with Gasteiger partial charge in [-0.25, -0.2) is 0 Å². The van der Waals surface area contributed by atoms with Gasteiger partial charge in [0.25, 0.3) is 0 Å². The van der Waals surface area contributed by atoms with Crippen molar-refractivity contribution < 1.29 is 9.90 Å². The van der Waals surface area contributed by atoms with Crippen LogP contribution in [0.5, 0.6) is 0 Å². The maximum atomic E-state index is 10.4. The second kappa shape index (κ2) is 4.46. The summed E-state index contributed by atoms with van der Waals surface area (Å²) >= 11 is 0. The van der Waals surface area contributed by atoms with Gasteiger partial charge in [0.05, 0.1) is 0 Å². The van der Waals surface area contributed by atoms with E-state index in [1.807, 2.05) is 13.8 Å². The van der Waals surface area contributed by atoms with Crippen molar-refractivity contribution in [2.45, 2.75) is 13.8 Å². The van der Waals surface area contributed by atoms with Crippen molar-refractivity contribution in [2.24, 2.45) is 11.3 Å². The van der Waals surface area contributed by atoms with E-state index in [1.54, 1.807) is 0 Å². The number of carbonyl (C=O) groups is 1. The molecule has 0 aromatic carbocycles. The molecule has 1 rings (SSSR count). The van der Waals surface area contributed by atoms with E-state index in [0.717, 1.165) is 26.5 Å². The number of rotatable bonds is 2. The normalized spacial score (nSPS) is 17.8. The first-order valence-corrected chi connectivity index (χ1v) is 3.78. The zero-order chi connectivity index (χ0) is 8.91. The molecule has 11 heavy (non-hydrogen) atoms. The standard InChI is InChI=1S/C7H13NO.CH4O/c1-7(2,5-9)6-3-8-4-6;1-2/h5-6,8H,3-4H2,1-2H3;2H,1H3. The molecule has 0 bridgehead atoms. The molecular weight excluding hydrogens is 142 g/mol. The molecule has 0 spiro atoms. The summed E-state index contributed by atoms with van der Waals surface area (Å²) in [6.07, 6.45) is 1.05. The quantitative estimate of drug-likeness (QED) is 0.559. The third-order valence-corrected chi connectivity index (χ3v) is 2.14. The molecule has 0 unspecified atom stereocenters. The maximum absolute atomic E-state index is 10.4. The SMILES string of the molecule is CC(C)(C=O)C1CNC1.CO. The zero-order valence-corrected chi connectivity index (χ0v) is 7.42. The van der Waals surface area contributed by atoms with E-state index < -0.39 is 0 Å². The molecule has 0 amide bonds. The van der Waals surface area contributed by atoms with Crippen LogP contribution in [0.4, 0.5) is 0 Å². The van der Waals surface area contributed by atoms with Crippen LogP contribution in [0.1, 0.15) is 13.8 Å². The summed E-state index contributed by atoms with van der Waals surface area (Å²) in [5.74, 6) is 0.565. The predicted molar refractivity (Wildman–Crippen MR) is 44.3 cm³/mol. The van der Waals surface area contributed by atoms with Crippen LogP contribution in [0.15, 0.2) is 0 Å². The average Bonchev–Trinajstić information content (AvgIpc) is 1.88. The molecule has 1 aliphatic rings. The Morgan fingerprint density at radius 1 is 1.45 bits per heavy atom. The fraction of sp³-hybridized carbons (Fsp3) is 0.875. The number of carbonyl (C=O) groups excluding carboxylic acids is 1. The smallest absolute Gasteiger partial charge is 0.125 e. The number of nitrogens with one attached hydrogen (secondary N) is 1. The molecule has 1 saturated heterocycles.